The van der Waals surface area contributed by atoms with E-state index in [1.807, 2.05) is 6.07 Å². The molecular weight excluding hydrogens is 741 g/mol. The quantitative estimate of drug-likeness (QED) is 0.161. The van der Waals surface area contributed by atoms with E-state index in [1.165, 1.54) is 43.8 Å². The second-order valence-electron chi connectivity index (χ2n) is 15.7. The smallest absolute Gasteiger partial charge is 0.143 e. The molecule has 0 aliphatic rings. The molecule has 0 spiro atoms. The molecule has 0 atom stereocenters. The van der Waals surface area contributed by atoms with Crippen LogP contribution in [-0.2, 0) is 0 Å². The molecule has 12 rings (SSSR count). The molecule has 61 heavy (non-hydrogen) atoms. The van der Waals surface area contributed by atoms with E-state index in [4.69, 9.17) is 4.42 Å². The number of furan rings is 1. The summed E-state index contributed by atoms with van der Waals surface area (Å²) in [5.41, 5.74) is 15.2. The van der Waals surface area contributed by atoms with Crippen LogP contribution in [0.1, 0.15) is 0 Å². The van der Waals surface area contributed by atoms with Gasteiger partial charge in [0.2, 0.25) is 0 Å². The molecule has 3 nitrogen and oxygen atoms in total. The minimum Gasteiger partial charge on any atom is -0.455 e. The summed E-state index contributed by atoms with van der Waals surface area (Å²) in [6.45, 7) is 0. The molecule has 0 aliphatic carbocycles. The van der Waals surface area contributed by atoms with E-state index in [0.29, 0.717) is 0 Å². The molecule has 0 amide bonds. The second-order valence-corrected chi connectivity index (χ2v) is 15.7. The number of aromatic nitrogens is 1. The van der Waals surface area contributed by atoms with Crippen LogP contribution < -0.4 is 4.90 Å². The van der Waals surface area contributed by atoms with Crippen LogP contribution >= 0.6 is 0 Å². The van der Waals surface area contributed by atoms with Crippen LogP contribution in [0, 0.1) is 0 Å². The van der Waals surface area contributed by atoms with E-state index in [9.17, 15) is 0 Å². The van der Waals surface area contributed by atoms with Crippen LogP contribution in [0.5, 0.6) is 0 Å². The number of benzene rings is 10. The van der Waals surface area contributed by atoms with Crippen LogP contribution in [-0.4, -0.2) is 4.57 Å². The highest BCUT2D eigenvalue weighted by Gasteiger charge is 2.24. The third kappa shape index (κ3) is 5.82. The van der Waals surface area contributed by atoms with Gasteiger partial charge in [0.05, 0.1) is 16.7 Å². The van der Waals surface area contributed by atoms with Gasteiger partial charge in [0, 0.05) is 49.7 Å². The minimum absolute atomic E-state index is 0.877. The van der Waals surface area contributed by atoms with E-state index < -0.39 is 0 Å². The first-order valence-electron chi connectivity index (χ1n) is 20.8. The Balaban J connectivity index is 1.15. The van der Waals surface area contributed by atoms with Gasteiger partial charge >= 0.3 is 0 Å². The number of hydrogen-bond acceptors (Lipinski definition) is 2. The average molecular weight is 779 g/mol. The molecule has 2 heterocycles. The fraction of sp³-hybridized carbons (Fsp3) is 0. The van der Waals surface area contributed by atoms with E-state index in [2.05, 4.69) is 234 Å². The predicted molar refractivity (Wildman–Crippen MR) is 257 cm³/mol. The van der Waals surface area contributed by atoms with Crippen LogP contribution in [0.15, 0.2) is 235 Å². The maximum atomic E-state index is 6.80. The Labute approximate surface area is 353 Å². The topological polar surface area (TPSA) is 21.3 Å². The van der Waals surface area contributed by atoms with Gasteiger partial charge in [-0.25, -0.2) is 0 Å². The van der Waals surface area contributed by atoms with E-state index >= 15 is 0 Å². The standard InChI is InChI=1S/C58H38N2O/c1-3-15-39(16-4-1)40-29-33-44(34-30-40)59(45-35-31-42(32-36-45)47-24-13-18-41-17-7-8-21-46(41)47)55-38-56-52(48-22-9-11-27-54(48)60(56)43-19-5-2-6-20-43)37-53(55)51-26-14-25-50-49-23-10-12-28-57(49)61-58(50)51/h1-38H. The molecule has 0 aliphatic heterocycles. The molecule has 0 fully saturated rings. The lowest BCUT2D eigenvalue weighted by Crippen LogP contribution is -2.11. The van der Waals surface area contributed by atoms with Crippen molar-refractivity contribution in [2.75, 3.05) is 4.90 Å². The van der Waals surface area contributed by atoms with Crippen LogP contribution in [0.3, 0.4) is 0 Å². The zero-order valence-corrected chi connectivity index (χ0v) is 33.2. The number of fused-ring (bicyclic) bond motifs is 7. The van der Waals surface area contributed by atoms with Crippen molar-refractivity contribution in [3.8, 4) is 39.1 Å². The Morgan fingerprint density at radius 1 is 0.344 bits per heavy atom. The van der Waals surface area contributed by atoms with Crippen molar-refractivity contribution in [2.24, 2.45) is 0 Å². The van der Waals surface area contributed by atoms with Crippen LogP contribution in [0.25, 0.3) is 93.6 Å². The van der Waals surface area contributed by atoms with Crippen molar-refractivity contribution in [1.82, 2.24) is 4.57 Å². The molecule has 0 bridgehead atoms. The molecule has 0 saturated carbocycles. The molecule has 0 unspecified atom stereocenters. The average Bonchev–Trinajstić information content (AvgIpc) is 3.88. The lowest BCUT2D eigenvalue weighted by atomic mass is 9.96. The monoisotopic (exact) mass is 778 g/mol. The van der Waals surface area contributed by atoms with Crippen LogP contribution in [0.4, 0.5) is 17.1 Å². The Morgan fingerprint density at radius 3 is 1.70 bits per heavy atom. The van der Waals surface area contributed by atoms with Gasteiger partial charge in [-0.3, -0.25) is 0 Å². The van der Waals surface area contributed by atoms with E-state index in [0.717, 1.165) is 66.8 Å². The molecule has 0 radical (unpaired) electrons. The summed E-state index contributed by atoms with van der Waals surface area (Å²) in [5.74, 6) is 0. The number of hydrogen-bond donors (Lipinski definition) is 0. The molecule has 2 aromatic heterocycles. The SMILES string of the molecule is c1ccc(-c2ccc(N(c3ccc(-c4cccc5ccccc45)cc3)c3cc4c(cc3-c3cccc5c3oc3ccccc35)c3ccccc3n4-c3ccccc3)cc2)cc1. The lowest BCUT2D eigenvalue weighted by molar-refractivity contribution is 0.670. The maximum absolute atomic E-state index is 6.80. The zero-order valence-electron chi connectivity index (χ0n) is 33.2. The Morgan fingerprint density at radius 2 is 0.918 bits per heavy atom. The van der Waals surface area contributed by atoms with Gasteiger partial charge < -0.3 is 13.9 Å². The Hall–Kier alpha value is -8.14. The van der Waals surface area contributed by atoms with Gasteiger partial charge in [0.25, 0.3) is 0 Å². The number of para-hydroxylation sites is 4. The summed E-state index contributed by atoms with van der Waals surface area (Å²) in [7, 11) is 0. The lowest BCUT2D eigenvalue weighted by Gasteiger charge is -2.29. The van der Waals surface area contributed by atoms with Gasteiger partial charge in [-0.15, -0.1) is 0 Å². The molecule has 0 saturated heterocycles. The molecule has 0 N–H and O–H groups in total. The second kappa shape index (κ2) is 14.3. The highest BCUT2D eigenvalue weighted by molar-refractivity contribution is 6.16. The first-order valence-corrected chi connectivity index (χ1v) is 20.8. The van der Waals surface area contributed by atoms with Gasteiger partial charge in [-0.05, 0) is 93.7 Å². The van der Waals surface area contributed by atoms with Crippen LogP contribution in [0.2, 0.25) is 0 Å². The fourth-order valence-corrected chi connectivity index (χ4v) is 9.35. The summed E-state index contributed by atoms with van der Waals surface area (Å²) in [4.78, 5) is 2.42. The molecular formula is C58H38N2O. The van der Waals surface area contributed by atoms with Gasteiger partial charge in [0.1, 0.15) is 11.2 Å². The highest BCUT2D eigenvalue weighted by atomic mass is 16.3. The Kier molecular flexibility index (Phi) is 8.17. The largest absolute Gasteiger partial charge is 0.455 e. The third-order valence-electron chi connectivity index (χ3n) is 12.2. The summed E-state index contributed by atoms with van der Waals surface area (Å²) < 4.78 is 9.20. The maximum Gasteiger partial charge on any atom is 0.143 e. The van der Waals surface area contributed by atoms with Crippen molar-refractivity contribution in [3.05, 3.63) is 231 Å². The van der Waals surface area contributed by atoms with Crippen molar-refractivity contribution in [2.45, 2.75) is 0 Å². The number of anilines is 3. The van der Waals surface area contributed by atoms with Gasteiger partial charge in [-0.2, -0.15) is 0 Å². The fourth-order valence-electron chi connectivity index (χ4n) is 9.35. The summed E-state index contributed by atoms with van der Waals surface area (Å²) >= 11 is 0. The van der Waals surface area contributed by atoms with Crippen molar-refractivity contribution in [1.29, 1.82) is 0 Å². The zero-order chi connectivity index (χ0) is 40.3. The van der Waals surface area contributed by atoms with E-state index in [-0.39, 0.29) is 0 Å². The number of rotatable bonds is 7. The van der Waals surface area contributed by atoms with Crippen molar-refractivity contribution in [3.63, 3.8) is 0 Å². The summed E-state index contributed by atoms with van der Waals surface area (Å²) in [5, 5.41) is 7.06. The Bertz CT molecular complexity index is 3560. The molecule has 12 aromatic rings. The van der Waals surface area contributed by atoms with E-state index in [1.54, 1.807) is 0 Å². The van der Waals surface area contributed by atoms with Gasteiger partial charge in [-0.1, -0.05) is 170 Å². The first-order chi connectivity index (χ1) is 30.3. The minimum atomic E-state index is 0.877. The summed E-state index contributed by atoms with van der Waals surface area (Å²) in [6, 6.07) is 83.0. The highest BCUT2D eigenvalue weighted by Crippen LogP contribution is 2.48. The van der Waals surface area contributed by atoms with Crippen molar-refractivity contribution >= 4 is 71.6 Å². The third-order valence-corrected chi connectivity index (χ3v) is 12.2. The van der Waals surface area contributed by atoms with Gasteiger partial charge in [0.15, 0.2) is 0 Å². The summed E-state index contributed by atoms with van der Waals surface area (Å²) in [6.07, 6.45) is 0. The number of nitrogens with zero attached hydrogens (tertiary/aromatic N) is 2. The molecule has 286 valence electrons. The normalized spacial score (nSPS) is 11.6. The molecule has 3 heteroatoms. The predicted octanol–water partition coefficient (Wildman–Crippen LogP) is 16.3. The van der Waals surface area contributed by atoms with Crippen molar-refractivity contribution < 1.29 is 4.42 Å². The first kappa shape index (κ1) is 34.9. The molecule has 10 aromatic carbocycles.